The number of carbonyl (C=O) groups is 1. The predicted molar refractivity (Wildman–Crippen MR) is 128 cm³/mol. The molecule has 4 aromatic rings. The molecular formula is C29H27NO2. The van der Waals surface area contributed by atoms with Gasteiger partial charge in [-0.05, 0) is 22.3 Å². The van der Waals surface area contributed by atoms with Crippen LogP contribution in [0.15, 0.2) is 121 Å². The summed E-state index contributed by atoms with van der Waals surface area (Å²) in [5, 5.41) is 0. The Bertz CT molecular complexity index is 1040. The van der Waals surface area contributed by atoms with Crippen molar-refractivity contribution in [3.8, 4) is 0 Å². The molecule has 0 saturated carbocycles. The van der Waals surface area contributed by atoms with Gasteiger partial charge in [0.05, 0.1) is 0 Å². The normalized spacial score (nSPS) is 11.8. The van der Waals surface area contributed by atoms with Gasteiger partial charge in [0, 0.05) is 13.1 Å². The van der Waals surface area contributed by atoms with Crippen molar-refractivity contribution in [2.45, 2.75) is 25.7 Å². The molecule has 3 heteroatoms. The second-order valence-corrected chi connectivity index (χ2v) is 7.78. The average Bonchev–Trinajstić information content (AvgIpc) is 2.85. The van der Waals surface area contributed by atoms with E-state index in [-0.39, 0.29) is 12.6 Å². The summed E-state index contributed by atoms with van der Waals surface area (Å²) in [5.74, 6) is -0.244. The first-order chi connectivity index (χ1) is 15.8. The van der Waals surface area contributed by atoms with Gasteiger partial charge in [0.2, 0.25) is 0 Å². The van der Waals surface area contributed by atoms with Crippen LogP contribution >= 0.6 is 0 Å². The van der Waals surface area contributed by atoms with Gasteiger partial charge < -0.3 is 4.74 Å². The minimum atomic E-state index is -0.514. The Hall–Kier alpha value is -3.69. The molecule has 0 radical (unpaired) electrons. The number of esters is 1. The van der Waals surface area contributed by atoms with Gasteiger partial charge in [-0.2, -0.15) is 0 Å². The summed E-state index contributed by atoms with van der Waals surface area (Å²) in [7, 11) is 0. The van der Waals surface area contributed by atoms with Crippen molar-refractivity contribution < 1.29 is 9.53 Å². The first-order valence-electron chi connectivity index (χ1n) is 10.9. The number of carbonyl (C=O) groups excluding carboxylic acids is 1. The van der Waals surface area contributed by atoms with Gasteiger partial charge in [0.1, 0.15) is 12.6 Å². The average molecular weight is 422 g/mol. The summed E-state index contributed by atoms with van der Waals surface area (Å²) in [6, 6.07) is 39.7. The Morgan fingerprint density at radius 2 is 1.00 bits per heavy atom. The molecule has 1 unspecified atom stereocenters. The minimum Gasteiger partial charge on any atom is -0.459 e. The third kappa shape index (κ3) is 5.93. The third-order valence-corrected chi connectivity index (χ3v) is 5.38. The number of ether oxygens (including phenoxy) is 1. The van der Waals surface area contributed by atoms with Gasteiger partial charge in [0.15, 0.2) is 0 Å². The topological polar surface area (TPSA) is 29.5 Å². The summed E-state index contributed by atoms with van der Waals surface area (Å²) in [6.07, 6.45) is 0. The second kappa shape index (κ2) is 11.1. The molecule has 0 spiro atoms. The minimum absolute atomic E-state index is 0.244. The van der Waals surface area contributed by atoms with Crippen LogP contribution in [0, 0.1) is 0 Å². The second-order valence-electron chi connectivity index (χ2n) is 7.78. The fourth-order valence-corrected chi connectivity index (χ4v) is 3.81. The van der Waals surface area contributed by atoms with Crippen LogP contribution in [-0.2, 0) is 29.2 Å². The Morgan fingerprint density at radius 3 is 1.47 bits per heavy atom. The molecular weight excluding hydrogens is 394 g/mol. The van der Waals surface area contributed by atoms with Crippen molar-refractivity contribution in [3.63, 3.8) is 0 Å². The van der Waals surface area contributed by atoms with Crippen molar-refractivity contribution in [2.24, 2.45) is 0 Å². The van der Waals surface area contributed by atoms with E-state index in [1.54, 1.807) is 0 Å². The molecule has 4 rings (SSSR count). The van der Waals surface area contributed by atoms with E-state index in [0.29, 0.717) is 13.1 Å². The van der Waals surface area contributed by atoms with Crippen LogP contribution in [0.2, 0.25) is 0 Å². The summed E-state index contributed by atoms with van der Waals surface area (Å²) < 4.78 is 5.82. The molecule has 0 fully saturated rings. The summed E-state index contributed by atoms with van der Waals surface area (Å²) in [4.78, 5) is 15.7. The van der Waals surface area contributed by atoms with E-state index in [1.807, 2.05) is 97.1 Å². The van der Waals surface area contributed by atoms with E-state index in [0.717, 1.165) is 22.3 Å². The highest BCUT2D eigenvalue weighted by Crippen LogP contribution is 2.27. The number of hydrogen-bond donors (Lipinski definition) is 0. The monoisotopic (exact) mass is 421 g/mol. The van der Waals surface area contributed by atoms with Gasteiger partial charge in [-0.25, -0.2) is 4.79 Å². The summed E-state index contributed by atoms with van der Waals surface area (Å²) in [6.45, 7) is 1.53. The maximum Gasteiger partial charge on any atom is 0.328 e. The molecule has 0 aliphatic carbocycles. The lowest BCUT2D eigenvalue weighted by molar-refractivity contribution is -0.152. The van der Waals surface area contributed by atoms with Crippen molar-refractivity contribution in [1.82, 2.24) is 4.90 Å². The molecule has 0 amide bonds. The lowest BCUT2D eigenvalue weighted by atomic mass is 10.0. The number of rotatable bonds is 9. The molecule has 0 aromatic heterocycles. The molecule has 0 aliphatic heterocycles. The molecule has 160 valence electrons. The molecule has 0 heterocycles. The smallest absolute Gasteiger partial charge is 0.328 e. The molecule has 0 saturated heterocycles. The van der Waals surface area contributed by atoms with E-state index in [4.69, 9.17) is 4.74 Å². The van der Waals surface area contributed by atoms with E-state index in [1.165, 1.54) is 0 Å². The van der Waals surface area contributed by atoms with Gasteiger partial charge in [0.25, 0.3) is 0 Å². The fraction of sp³-hybridized carbons (Fsp3) is 0.138. The molecule has 4 aromatic carbocycles. The Morgan fingerprint density at radius 1 is 0.594 bits per heavy atom. The fourth-order valence-electron chi connectivity index (χ4n) is 3.81. The quantitative estimate of drug-likeness (QED) is 0.303. The molecule has 0 aliphatic rings. The molecule has 3 nitrogen and oxygen atoms in total. The first kappa shape index (κ1) is 21.5. The van der Waals surface area contributed by atoms with Gasteiger partial charge in [-0.1, -0.05) is 121 Å². The van der Waals surface area contributed by atoms with Gasteiger partial charge in [-0.15, -0.1) is 0 Å². The highest BCUT2D eigenvalue weighted by molar-refractivity contribution is 5.77. The SMILES string of the molecule is O=C(OCc1ccccc1)C(c1ccccc1)N(Cc1ccccc1)Cc1ccccc1. The lowest BCUT2D eigenvalue weighted by Crippen LogP contribution is -2.34. The van der Waals surface area contributed by atoms with E-state index in [9.17, 15) is 4.79 Å². The summed E-state index contributed by atoms with van der Waals surface area (Å²) >= 11 is 0. The van der Waals surface area contributed by atoms with Crippen LogP contribution in [0.25, 0.3) is 0 Å². The van der Waals surface area contributed by atoms with Crippen LogP contribution < -0.4 is 0 Å². The zero-order valence-electron chi connectivity index (χ0n) is 18.0. The molecule has 0 bridgehead atoms. The number of nitrogens with zero attached hydrogens (tertiary/aromatic N) is 1. The van der Waals surface area contributed by atoms with Crippen LogP contribution in [-0.4, -0.2) is 10.9 Å². The molecule has 32 heavy (non-hydrogen) atoms. The molecule has 1 atom stereocenters. The highest BCUT2D eigenvalue weighted by Gasteiger charge is 2.29. The largest absolute Gasteiger partial charge is 0.459 e. The lowest BCUT2D eigenvalue weighted by Gasteiger charge is -2.31. The van der Waals surface area contributed by atoms with E-state index in [2.05, 4.69) is 29.2 Å². The van der Waals surface area contributed by atoms with Gasteiger partial charge in [-0.3, -0.25) is 4.90 Å². The van der Waals surface area contributed by atoms with E-state index < -0.39 is 6.04 Å². The zero-order chi connectivity index (χ0) is 22.0. The Kier molecular flexibility index (Phi) is 7.46. The van der Waals surface area contributed by atoms with Gasteiger partial charge >= 0.3 is 5.97 Å². The van der Waals surface area contributed by atoms with Crippen LogP contribution in [0.3, 0.4) is 0 Å². The first-order valence-corrected chi connectivity index (χ1v) is 10.9. The van der Waals surface area contributed by atoms with Crippen LogP contribution in [0.4, 0.5) is 0 Å². The molecule has 0 N–H and O–H groups in total. The van der Waals surface area contributed by atoms with Crippen molar-refractivity contribution in [3.05, 3.63) is 144 Å². The third-order valence-electron chi connectivity index (χ3n) is 5.38. The van der Waals surface area contributed by atoms with Crippen molar-refractivity contribution in [2.75, 3.05) is 0 Å². The zero-order valence-corrected chi connectivity index (χ0v) is 18.0. The summed E-state index contributed by atoms with van der Waals surface area (Å²) in [5.41, 5.74) is 4.21. The number of hydrogen-bond acceptors (Lipinski definition) is 3. The Labute approximate surface area is 189 Å². The number of benzene rings is 4. The highest BCUT2D eigenvalue weighted by atomic mass is 16.5. The van der Waals surface area contributed by atoms with Crippen LogP contribution in [0.1, 0.15) is 28.3 Å². The standard InChI is InChI=1S/C29H27NO2/c31-29(32-23-26-17-9-3-10-18-26)28(27-19-11-4-12-20-27)30(21-24-13-5-1-6-14-24)22-25-15-7-2-8-16-25/h1-20,28H,21-23H2. The maximum absolute atomic E-state index is 13.5. The van der Waals surface area contributed by atoms with Crippen molar-refractivity contribution >= 4 is 5.97 Å². The van der Waals surface area contributed by atoms with E-state index >= 15 is 0 Å². The van der Waals surface area contributed by atoms with Crippen LogP contribution in [0.5, 0.6) is 0 Å². The Balaban J connectivity index is 1.64. The van der Waals surface area contributed by atoms with Crippen molar-refractivity contribution in [1.29, 1.82) is 0 Å². The predicted octanol–water partition coefficient (Wildman–Crippen LogP) is 6.17. The maximum atomic E-state index is 13.5.